The second-order valence-electron chi connectivity index (χ2n) is 6.94. The standard InChI is InChI=1S/C22H24N2O2S/c1-13-6-7-14(2)19(12-13)26-18-10-8-17(9-11-18)21-20(16(4)25)15(3)24(5)22(27)23-21/h6-12,21H,1-5H3,(H,23,27). The van der Waals surface area contributed by atoms with Crippen LogP contribution in [0.1, 0.15) is 36.6 Å². The van der Waals surface area contributed by atoms with Crippen LogP contribution in [0.15, 0.2) is 53.7 Å². The van der Waals surface area contributed by atoms with Gasteiger partial charge in [0.15, 0.2) is 10.9 Å². The minimum absolute atomic E-state index is 0.0371. The molecule has 0 saturated heterocycles. The fraction of sp³-hybridized carbons (Fsp3) is 0.273. The van der Waals surface area contributed by atoms with E-state index in [1.807, 2.05) is 63.1 Å². The zero-order chi connectivity index (χ0) is 19.7. The predicted molar refractivity (Wildman–Crippen MR) is 112 cm³/mol. The number of Topliss-reactive ketones (excluding diaryl/α,β-unsaturated/α-hetero) is 1. The van der Waals surface area contributed by atoms with E-state index in [1.54, 1.807) is 6.92 Å². The number of hydrogen-bond donors (Lipinski definition) is 1. The predicted octanol–water partition coefficient (Wildman–Crippen LogP) is 4.82. The molecule has 0 bridgehead atoms. The van der Waals surface area contributed by atoms with Gasteiger partial charge >= 0.3 is 0 Å². The Morgan fingerprint density at radius 3 is 2.41 bits per heavy atom. The summed E-state index contributed by atoms with van der Waals surface area (Å²) < 4.78 is 6.03. The molecule has 0 fully saturated rings. The van der Waals surface area contributed by atoms with Crippen LogP contribution in [0.4, 0.5) is 0 Å². The molecule has 0 aliphatic carbocycles. The number of carbonyl (C=O) groups excluding carboxylic acids is 1. The second-order valence-corrected chi connectivity index (χ2v) is 7.32. The quantitative estimate of drug-likeness (QED) is 0.770. The van der Waals surface area contributed by atoms with Gasteiger partial charge in [-0.25, -0.2) is 0 Å². The molecule has 1 aliphatic rings. The fourth-order valence-electron chi connectivity index (χ4n) is 3.21. The van der Waals surface area contributed by atoms with Crippen LogP contribution < -0.4 is 10.1 Å². The normalized spacial score (nSPS) is 17.0. The fourth-order valence-corrected chi connectivity index (χ4v) is 3.47. The van der Waals surface area contributed by atoms with E-state index >= 15 is 0 Å². The molecule has 2 aromatic carbocycles. The van der Waals surface area contributed by atoms with Crippen LogP contribution in [0.2, 0.25) is 0 Å². The Kier molecular flexibility index (Phi) is 5.33. The maximum absolute atomic E-state index is 12.2. The Morgan fingerprint density at radius 1 is 1.11 bits per heavy atom. The summed E-state index contributed by atoms with van der Waals surface area (Å²) in [6.07, 6.45) is 0. The van der Waals surface area contributed by atoms with Crippen molar-refractivity contribution < 1.29 is 9.53 Å². The minimum atomic E-state index is -0.249. The number of nitrogens with one attached hydrogen (secondary N) is 1. The van der Waals surface area contributed by atoms with Crippen molar-refractivity contribution in [2.24, 2.45) is 0 Å². The molecule has 1 unspecified atom stereocenters. The van der Waals surface area contributed by atoms with Gasteiger partial charge in [-0.3, -0.25) is 4.79 Å². The highest BCUT2D eigenvalue weighted by Gasteiger charge is 2.30. The van der Waals surface area contributed by atoms with Gasteiger partial charge in [-0.15, -0.1) is 0 Å². The average molecular weight is 381 g/mol. The molecule has 1 aliphatic heterocycles. The summed E-state index contributed by atoms with van der Waals surface area (Å²) in [5.74, 6) is 1.64. The van der Waals surface area contributed by atoms with Crippen molar-refractivity contribution in [3.8, 4) is 11.5 Å². The van der Waals surface area contributed by atoms with E-state index in [0.29, 0.717) is 5.11 Å². The van der Waals surface area contributed by atoms with Gasteiger partial charge in [-0.05, 0) is 74.8 Å². The highest BCUT2D eigenvalue weighted by Crippen LogP contribution is 2.32. The first-order chi connectivity index (χ1) is 12.8. The van der Waals surface area contributed by atoms with E-state index in [9.17, 15) is 4.79 Å². The van der Waals surface area contributed by atoms with E-state index in [2.05, 4.69) is 17.4 Å². The Balaban J connectivity index is 1.89. The molecule has 5 heteroatoms. The van der Waals surface area contributed by atoms with Crippen LogP contribution in [0.3, 0.4) is 0 Å². The lowest BCUT2D eigenvalue weighted by Gasteiger charge is -2.35. The zero-order valence-electron chi connectivity index (χ0n) is 16.3. The molecule has 4 nitrogen and oxygen atoms in total. The van der Waals surface area contributed by atoms with Crippen molar-refractivity contribution in [1.82, 2.24) is 10.2 Å². The molecule has 140 valence electrons. The van der Waals surface area contributed by atoms with Gasteiger partial charge in [-0.1, -0.05) is 24.3 Å². The van der Waals surface area contributed by atoms with Crippen LogP contribution in [0, 0.1) is 13.8 Å². The number of hydrogen-bond acceptors (Lipinski definition) is 3. The SMILES string of the molecule is CC(=O)C1=C(C)N(C)C(=S)NC1c1ccc(Oc2cc(C)ccc2C)cc1. The van der Waals surface area contributed by atoms with Gasteiger partial charge in [0.05, 0.1) is 6.04 Å². The summed E-state index contributed by atoms with van der Waals surface area (Å²) in [5.41, 5.74) is 4.83. The van der Waals surface area contributed by atoms with Crippen LogP contribution in [0.5, 0.6) is 11.5 Å². The van der Waals surface area contributed by atoms with Crippen molar-refractivity contribution in [2.45, 2.75) is 33.7 Å². The largest absolute Gasteiger partial charge is 0.457 e. The number of benzene rings is 2. The van der Waals surface area contributed by atoms with E-state index in [-0.39, 0.29) is 11.8 Å². The summed E-state index contributed by atoms with van der Waals surface area (Å²) in [7, 11) is 1.87. The van der Waals surface area contributed by atoms with Crippen LogP contribution in [0.25, 0.3) is 0 Å². The van der Waals surface area contributed by atoms with Crippen molar-refractivity contribution in [3.63, 3.8) is 0 Å². The van der Waals surface area contributed by atoms with E-state index in [4.69, 9.17) is 17.0 Å². The van der Waals surface area contributed by atoms with Gasteiger partial charge in [0, 0.05) is 18.3 Å². The van der Waals surface area contributed by atoms with Crippen molar-refractivity contribution >= 4 is 23.1 Å². The number of rotatable bonds is 4. The summed E-state index contributed by atoms with van der Waals surface area (Å²) in [4.78, 5) is 14.1. The van der Waals surface area contributed by atoms with Crippen molar-refractivity contribution in [3.05, 3.63) is 70.4 Å². The van der Waals surface area contributed by atoms with Crippen LogP contribution in [-0.2, 0) is 4.79 Å². The molecule has 0 amide bonds. The third-order valence-electron chi connectivity index (χ3n) is 4.92. The smallest absolute Gasteiger partial charge is 0.173 e. The molecule has 1 N–H and O–H groups in total. The zero-order valence-corrected chi connectivity index (χ0v) is 17.1. The van der Waals surface area contributed by atoms with Gasteiger partial charge < -0.3 is 15.0 Å². The summed E-state index contributed by atoms with van der Waals surface area (Å²) in [6, 6.07) is 13.7. The van der Waals surface area contributed by atoms with Gasteiger partial charge in [-0.2, -0.15) is 0 Å². The summed E-state index contributed by atoms with van der Waals surface area (Å²) in [6.45, 7) is 7.59. The molecule has 1 atom stereocenters. The van der Waals surface area contributed by atoms with E-state index in [0.717, 1.165) is 39.5 Å². The molecule has 0 radical (unpaired) electrons. The number of thiocarbonyl (C=S) groups is 1. The number of allylic oxidation sites excluding steroid dienone is 1. The lowest BCUT2D eigenvalue weighted by molar-refractivity contribution is -0.114. The Morgan fingerprint density at radius 2 is 1.78 bits per heavy atom. The molecule has 0 spiro atoms. The Labute approximate surface area is 165 Å². The molecular weight excluding hydrogens is 356 g/mol. The van der Waals surface area contributed by atoms with Gasteiger partial charge in [0.2, 0.25) is 0 Å². The third-order valence-corrected chi connectivity index (χ3v) is 5.31. The Hall–Kier alpha value is -2.66. The molecular formula is C22H24N2O2S. The first kappa shape index (κ1) is 19.1. The second kappa shape index (κ2) is 7.53. The van der Waals surface area contributed by atoms with Crippen molar-refractivity contribution in [1.29, 1.82) is 0 Å². The highest BCUT2D eigenvalue weighted by atomic mass is 32.1. The molecule has 1 heterocycles. The van der Waals surface area contributed by atoms with E-state index in [1.165, 1.54) is 0 Å². The number of carbonyl (C=O) groups is 1. The van der Waals surface area contributed by atoms with Crippen molar-refractivity contribution in [2.75, 3.05) is 7.05 Å². The van der Waals surface area contributed by atoms with E-state index < -0.39 is 0 Å². The maximum Gasteiger partial charge on any atom is 0.173 e. The monoisotopic (exact) mass is 380 g/mol. The van der Waals surface area contributed by atoms with Gasteiger partial charge in [0.1, 0.15) is 11.5 Å². The first-order valence-electron chi connectivity index (χ1n) is 8.89. The first-order valence-corrected chi connectivity index (χ1v) is 9.29. The topological polar surface area (TPSA) is 41.6 Å². The molecule has 27 heavy (non-hydrogen) atoms. The molecule has 0 saturated carbocycles. The number of ketones is 1. The minimum Gasteiger partial charge on any atom is -0.457 e. The number of aryl methyl sites for hydroxylation is 2. The molecule has 3 rings (SSSR count). The number of ether oxygens (including phenoxy) is 1. The Bertz CT molecular complexity index is 932. The van der Waals surface area contributed by atoms with Gasteiger partial charge in [0.25, 0.3) is 0 Å². The number of nitrogens with zero attached hydrogens (tertiary/aromatic N) is 1. The maximum atomic E-state index is 12.2. The van der Waals surface area contributed by atoms with Crippen LogP contribution in [-0.4, -0.2) is 22.8 Å². The average Bonchev–Trinajstić information content (AvgIpc) is 2.62. The third kappa shape index (κ3) is 3.88. The summed E-state index contributed by atoms with van der Waals surface area (Å²) in [5, 5.41) is 3.88. The highest BCUT2D eigenvalue weighted by molar-refractivity contribution is 7.80. The molecule has 2 aromatic rings. The van der Waals surface area contributed by atoms with Crippen LogP contribution >= 0.6 is 12.2 Å². The molecule has 0 aromatic heterocycles. The lowest BCUT2D eigenvalue weighted by atomic mass is 9.92. The summed E-state index contributed by atoms with van der Waals surface area (Å²) >= 11 is 5.41. The lowest BCUT2D eigenvalue weighted by Crippen LogP contribution is -2.45.